The first-order valence-electron chi connectivity index (χ1n) is 5.81. The molecule has 2 rings (SSSR count). The Hall–Kier alpha value is -0.260. The van der Waals surface area contributed by atoms with Gasteiger partial charge in [-0.3, -0.25) is 4.79 Å². The normalized spacial score (nSPS) is 35.4. The van der Waals surface area contributed by atoms with Crippen LogP contribution < -0.4 is 0 Å². The van der Waals surface area contributed by atoms with Crippen molar-refractivity contribution < 1.29 is 14.6 Å². The molecule has 2 aliphatic heterocycles. The third-order valence-electron chi connectivity index (χ3n) is 3.30. The van der Waals surface area contributed by atoms with Crippen molar-refractivity contribution in [2.75, 3.05) is 32.1 Å². The second-order valence-electron chi connectivity index (χ2n) is 4.61. The Morgan fingerprint density at radius 1 is 1.69 bits per heavy atom. The van der Waals surface area contributed by atoms with Gasteiger partial charge in [-0.1, -0.05) is 0 Å². The quantitative estimate of drug-likeness (QED) is 0.769. The van der Waals surface area contributed by atoms with E-state index in [1.54, 1.807) is 11.8 Å². The minimum atomic E-state index is -0.239. The van der Waals surface area contributed by atoms with Gasteiger partial charge in [0.15, 0.2) is 0 Å². The standard InChI is InChI=1S/C11H19NO3S/c1-11(3-2-6-16-11)10(14)12-4-5-15-9(7-12)8-13/h9,13H,2-8H2,1H3. The van der Waals surface area contributed by atoms with Crippen LogP contribution in [0.25, 0.3) is 0 Å². The molecule has 2 saturated heterocycles. The highest BCUT2D eigenvalue weighted by atomic mass is 32.2. The highest BCUT2D eigenvalue weighted by Gasteiger charge is 2.41. The van der Waals surface area contributed by atoms with Crippen LogP contribution in [0.5, 0.6) is 0 Å². The summed E-state index contributed by atoms with van der Waals surface area (Å²) < 4.78 is 5.11. The number of nitrogens with zero attached hydrogens (tertiary/aromatic N) is 1. The zero-order valence-electron chi connectivity index (χ0n) is 9.65. The maximum atomic E-state index is 12.4. The molecular weight excluding hydrogens is 226 g/mol. The Morgan fingerprint density at radius 2 is 2.50 bits per heavy atom. The van der Waals surface area contributed by atoms with E-state index in [9.17, 15) is 4.79 Å². The van der Waals surface area contributed by atoms with Gasteiger partial charge in [0.1, 0.15) is 0 Å². The number of carbonyl (C=O) groups excluding carboxylic acids is 1. The summed E-state index contributed by atoms with van der Waals surface area (Å²) in [7, 11) is 0. The van der Waals surface area contributed by atoms with Crippen molar-refractivity contribution in [3.05, 3.63) is 0 Å². The minimum absolute atomic E-state index is 0.00631. The first kappa shape index (κ1) is 12.2. The summed E-state index contributed by atoms with van der Waals surface area (Å²) in [4.78, 5) is 14.2. The Labute approximate surface area is 100 Å². The molecule has 0 aromatic carbocycles. The molecule has 5 heteroatoms. The van der Waals surface area contributed by atoms with Crippen molar-refractivity contribution in [2.24, 2.45) is 0 Å². The zero-order valence-corrected chi connectivity index (χ0v) is 10.5. The summed E-state index contributed by atoms with van der Waals surface area (Å²) in [5.74, 6) is 1.30. The van der Waals surface area contributed by atoms with E-state index in [0.29, 0.717) is 19.7 Å². The molecule has 92 valence electrons. The van der Waals surface area contributed by atoms with E-state index in [1.807, 2.05) is 11.8 Å². The third kappa shape index (κ3) is 2.36. The monoisotopic (exact) mass is 245 g/mol. The number of carbonyl (C=O) groups is 1. The second kappa shape index (κ2) is 4.94. The highest BCUT2D eigenvalue weighted by molar-refractivity contribution is 8.01. The molecule has 4 nitrogen and oxygen atoms in total. The number of aliphatic hydroxyl groups excluding tert-OH is 1. The molecule has 0 saturated carbocycles. The lowest BCUT2D eigenvalue weighted by Gasteiger charge is -2.36. The van der Waals surface area contributed by atoms with E-state index >= 15 is 0 Å². The number of aliphatic hydroxyl groups is 1. The number of hydrogen-bond donors (Lipinski definition) is 1. The third-order valence-corrected chi connectivity index (χ3v) is 4.81. The highest BCUT2D eigenvalue weighted by Crippen LogP contribution is 2.39. The van der Waals surface area contributed by atoms with Crippen LogP contribution in [0.15, 0.2) is 0 Å². The predicted molar refractivity (Wildman–Crippen MR) is 63.5 cm³/mol. The lowest BCUT2D eigenvalue weighted by atomic mass is 10.0. The lowest BCUT2D eigenvalue weighted by Crippen LogP contribution is -2.52. The molecule has 2 heterocycles. The van der Waals surface area contributed by atoms with Crippen molar-refractivity contribution in [2.45, 2.75) is 30.6 Å². The second-order valence-corrected chi connectivity index (χ2v) is 6.21. The predicted octanol–water partition coefficient (Wildman–Crippen LogP) is 0.492. The minimum Gasteiger partial charge on any atom is -0.394 e. The summed E-state index contributed by atoms with van der Waals surface area (Å²) in [6.45, 7) is 3.76. The topological polar surface area (TPSA) is 49.8 Å². The smallest absolute Gasteiger partial charge is 0.238 e. The van der Waals surface area contributed by atoms with Gasteiger partial charge in [-0.15, -0.1) is 11.8 Å². The Bertz CT molecular complexity index is 266. The van der Waals surface area contributed by atoms with E-state index in [-0.39, 0.29) is 23.4 Å². The molecule has 1 N–H and O–H groups in total. The SMILES string of the molecule is CC1(C(=O)N2CCOC(CO)C2)CCCS1. The van der Waals surface area contributed by atoms with Crippen molar-refractivity contribution >= 4 is 17.7 Å². The van der Waals surface area contributed by atoms with Gasteiger partial charge in [0.25, 0.3) is 0 Å². The maximum Gasteiger partial charge on any atom is 0.238 e. The van der Waals surface area contributed by atoms with Gasteiger partial charge in [-0.05, 0) is 25.5 Å². The number of thioether (sulfide) groups is 1. The fraction of sp³-hybridized carbons (Fsp3) is 0.909. The Morgan fingerprint density at radius 3 is 3.12 bits per heavy atom. The van der Waals surface area contributed by atoms with Crippen LogP contribution in [0.2, 0.25) is 0 Å². The summed E-state index contributed by atoms with van der Waals surface area (Å²) in [5.41, 5.74) is 0. The first-order chi connectivity index (χ1) is 7.65. The van der Waals surface area contributed by atoms with Crippen molar-refractivity contribution in [3.63, 3.8) is 0 Å². The molecule has 0 aromatic rings. The molecule has 0 aromatic heterocycles. The van der Waals surface area contributed by atoms with Crippen molar-refractivity contribution in [1.29, 1.82) is 0 Å². The average Bonchev–Trinajstić information content (AvgIpc) is 2.76. The fourth-order valence-corrected chi connectivity index (χ4v) is 3.58. The number of morpholine rings is 1. The van der Waals surface area contributed by atoms with Crippen LogP contribution in [0.4, 0.5) is 0 Å². The van der Waals surface area contributed by atoms with Crippen molar-refractivity contribution in [1.82, 2.24) is 4.90 Å². The Kier molecular flexibility index (Phi) is 3.77. The van der Waals surface area contributed by atoms with Crippen LogP contribution in [-0.2, 0) is 9.53 Å². The number of rotatable bonds is 2. The van der Waals surface area contributed by atoms with E-state index in [4.69, 9.17) is 9.84 Å². The van der Waals surface area contributed by atoms with Gasteiger partial charge in [-0.25, -0.2) is 0 Å². The molecule has 2 fully saturated rings. The van der Waals surface area contributed by atoms with Gasteiger partial charge >= 0.3 is 0 Å². The first-order valence-corrected chi connectivity index (χ1v) is 6.80. The molecule has 16 heavy (non-hydrogen) atoms. The van der Waals surface area contributed by atoms with E-state index in [2.05, 4.69) is 0 Å². The molecule has 0 bridgehead atoms. The van der Waals surface area contributed by atoms with Crippen LogP contribution >= 0.6 is 11.8 Å². The van der Waals surface area contributed by atoms with Crippen LogP contribution in [0.1, 0.15) is 19.8 Å². The maximum absolute atomic E-state index is 12.4. The number of hydrogen-bond acceptors (Lipinski definition) is 4. The molecule has 0 spiro atoms. The number of amides is 1. The van der Waals surface area contributed by atoms with Crippen LogP contribution in [-0.4, -0.2) is 58.8 Å². The summed E-state index contributed by atoms with van der Waals surface area (Å²) in [6.07, 6.45) is 1.89. The summed E-state index contributed by atoms with van der Waals surface area (Å²) in [5, 5.41) is 9.05. The van der Waals surface area contributed by atoms with Gasteiger partial charge < -0.3 is 14.7 Å². The molecule has 1 amide bonds. The van der Waals surface area contributed by atoms with Crippen molar-refractivity contribution in [3.8, 4) is 0 Å². The Balaban J connectivity index is 1.98. The number of ether oxygens (including phenoxy) is 1. The van der Waals surface area contributed by atoms with Crippen LogP contribution in [0.3, 0.4) is 0 Å². The summed E-state index contributed by atoms with van der Waals surface area (Å²) in [6, 6.07) is 0. The fourth-order valence-electron chi connectivity index (χ4n) is 2.30. The molecule has 2 unspecified atom stereocenters. The summed E-state index contributed by atoms with van der Waals surface area (Å²) >= 11 is 1.76. The molecule has 2 aliphatic rings. The van der Waals surface area contributed by atoms with Gasteiger partial charge in [0.2, 0.25) is 5.91 Å². The van der Waals surface area contributed by atoms with E-state index in [1.165, 1.54) is 0 Å². The van der Waals surface area contributed by atoms with E-state index in [0.717, 1.165) is 18.6 Å². The zero-order chi connectivity index (χ0) is 11.6. The molecule has 0 aliphatic carbocycles. The van der Waals surface area contributed by atoms with Gasteiger partial charge in [0.05, 0.1) is 24.1 Å². The van der Waals surface area contributed by atoms with Gasteiger partial charge in [-0.2, -0.15) is 0 Å². The van der Waals surface area contributed by atoms with E-state index < -0.39 is 0 Å². The average molecular weight is 245 g/mol. The van der Waals surface area contributed by atoms with Crippen LogP contribution in [0, 0.1) is 0 Å². The molecular formula is C11H19NO3S. The molecule has 2 atom stereocenters. The van der Waals surface area contributed by atoms with Gasteiger partial charge in [0, 0.05) is 13.1 Å². The largest absolute Gasteiger partial charge is 0.394 e. The lowest BCUT2D eigenvalue weighted by molar-refractivity contribution is -0.142. The molecule has 0 radical (unpaired) electrons.